The first-order chi connectivity index (χ1) is 9.30. The predicted molar refractivity (Wildman–Crippen MR) is 76.7 cm³/mol. The molecule has 1 aliphatic heterocycles. The van der Waals surface area contributed by atoms with Crippen LogP contribution in [0.5, 0.6) is 0 Å². The second-order valence-electron chi connectivity index (χ2n) is 5.71. The summed E-state index contributed by atoms with van der Waals surface area (Å²) in [7, 11) is 0. The van der Waals surface area contributed by atoms with Crippen molar-refractivity contribution in [2.24, 2.45) is 0 Å². The van der Waals surface area contributed by atoms with E-state index in [4.69, 9.17) is 4.74 Å². The van der Waals surface area contributed by atoms with Crippen molar-refractivity contribution in [1.29, 1.82) is 0 Å². The van der Waals surface area contributed by atoms with Gasteiger partial charge in [0.1, 0.15) is 11.2 Å². The Labute approximate surface area is 119 Å². The zero-order valence-corrected chi connectivity index (χ0v) is 11.9. The highest BCUT2D eigenvalue weighted by molar-refractivity contribution is 5.71. The van der Waals surface area contributed by atoms with Gasteiger partial charge in [0.2, 0.25) is 0 Å². The third-order valence-corrected chi connectivity index (χ3v) is 2.82. The van der Waals surface area contributed by atoms with Crippen LogP contribution in [0.2, 0.25) is 0 Å². The number of aliphatic hydroxyl groups is 1. The fourth-order valence-electron chi connectivity index (χ4n) is 1.83. The quantitative estimate of drug-likeness (QED) is 0.855. The van der Waals surface area contributed by atoms with E-state index in [1.54, 1.807) is 12.2 Å². The highest BCUT2D eigenvalue weighted by Crippen LogP contribution is 2.28. The van der Waals surface area contributed by atoms with Gasteiger partial charge in [-0.25, -0.2) is 4.79 Å². The Morgan fingerprint density at radius 2 is 1.70 bits per heavy atom. The van der Waals surface area contributed by atoms with E-state index < -0.39 is 17.3 Å². The molecule has 1 aromatic carbocycles. The maximum absolute atomic E-state index is 11.9. The Kier molecular flexibility index (Phi) is 3.68. The molecule has 1 amide bonds. The van der Waals surface area contributed by atoms with Gasteiger partial charge in [0.15, 0.2) is 0 Å². The van der Waals surface area contributed by atoms with Crippen LogP contribution in [-0.2, 0) is 10.3 Å². The van der Waals surface area contributed by atoms with Crippen LogP contribution in [0, 0.1) is 0 Å². The third kappa shape index (κ3) is 3.27. The Balaban J connectivity index is 2.12. The standard InChI is InChI=1S/C16H19NO3/c1-15(2,3)20-14(18)17-11-9-16(19,10-12-17)13-7-5-4-6-8-13/h4-12,19H,1-3H3. The molecule has 0 aromatic heterocycles. The summed E-state index contributed by atoms with van der Waals surface area (Å²) in [6.45, 7) is 5.42. The lowest BCUT2D eigenvalue weighted by atomic mass is 9.92. The molecule has 4 heteroatoms. The van der Waals surface area contributed by atoms with Gasteiger partial charge in [0.05, 0.1) is 0 Å². The van der Waals surface area contributed by atoms with Crippen LogP contribution < -0.4 is 0 Å². The van der Waals surface area contributed by atoms with E-state index in [0.717, 1.165) is 5.56 Å². The lowest BCUT2D eigenvalue weighted by molar-refractivity contribution is 0.0385. The normalized spacial score (nSPS) is 17.1. The number of hydrogen-bond donors (Lipinski definition) is 1. The van der Waals surface area contributed by atoms with Crippen molar-refractivity contribution in [2.75, 3.05) is 0 Å². The molecule has 0 saturated heterocycles. The van der Waals surface area contributed by atoms with Crippen LogP contribution in [0.1, 0.15) is 26.3 Å². The predicted octanol–water partition coefficient (Wildman–Crippen LogP) is 3.15. The lowest BCUT2D eigenvalue weighted by Crippen LogP contribution is -2.34. The Morgan fingerprint density at radius 1 is 1.15 bits per heavy atom. The number of benzene rings is 1. The zero-order valence-electron chi connectivity index (χ0n) is 11.9. The van der Waals surface area contributed by atoms with Gasteiger partial charge in [0, 0.05) is 12.4 Å². The van der Waals surface area contributed by atoms with Gasteiger partial charge in [-0.1, -0.05) is 30.3 Å². The molecular formula is C16H19NO3. The number of carbonyl (C=O) groups is 1. The van der Waals surface area contributed by atoms with Gasteiger partial charge >= 0.3 is 6.09 Å². The van der Waals surface area contributed by atoms with Crippen LogP contribution in [0.15, 0.2) is 54.9 Å². The number of carbonyl (C=O) groups excluding carboxylic acids is 1. The van der Waals surface area contributed by atoms with Crippen LogP contribution in [0.3, 0.4) is 0 Å². The molecule has 1 aromatic rings. The third-order valence-electron chi connectivity index (χ3n) is 2.82. The molecule has 1 N–H and O–H groups in total. The summed E-state index contributed by atoms with van der Waals surface area (Å²) >= 11 is 0. The maximum Gasteiger partial charge on any atom is 0.418 e. The first-order valence-electron chi connectivity index (χ1n) is 6.48. The highest BCUT2D eigenvalue weighted by Gasteiger charge is 2.28. The van der Waals surface area contributed by atoms with Crippen LogP contribution in [-0.4, -0.2) is 21.7 Å². The van der Waals surface area contributed by atoms with Crippen molar-refractivity contribution in [3.8, 4) is 0 Å². The molecule has 0 unspecified atom stereocenters. The van der Waals surface area contributed by atoms with Crippen molar-refractivity contribution in [3.05, 3.63) is 60.4 Å². The molecule has 106 valence electrons. The molecule has 4 nitrogen and oxygen atoms in total. The smallest absolute Gasteiger partial charge is 0.418 e. The topological polar surface area (TPSA) is 49.8 Å². The van der Waals surface area contributed by atoms with E-state index in [1.807, 2.05) is 51.1 Å². The maximum atomic E-state index is 11.9. The van der Waals surface area contributed by atoms with E-state index >= 15 is 0 Å². The first-order valence-corrected chi connectivity index (χ1v) is 6.48. The summed E-state index contributed by atoms with van der Waals surface area (Å²) in [5, 5.41) is 10.5. The van der Waals surface area contributed by atoms with E-state index in [-0.39, 0.29) is 0 Å². The van der Waals surface area contributed by atoms with Crippen molar-refractivity contribution in [3.63, 3.8) is 0 Å². The van der Waals surface area contributed by atoms with Gasteiger partial charge in [-0.15, -0.1) is 0 Å². The van der Waals surface area contributed by atoms with Crippen molar-refractivity contribution < 1.29 is 14.6 Å². The minimum atomic E-state index is -1.19. The Bertz CT molecular complexity index is 527. The SMILES string of the molecule is CC(C)(C)OC(=O)N1C=CC(O)(c2ccccc2)C=C1. The summed E-state index contributed by atoms with van der Waals surface area (Å²) in [4.78, 5) is 13.2. The number of ether oxygens (including phenoxy) is 1. The average Bonchev–Trinajstić information content (AvgIpc) is 2.38. The molecule has 0 saturated carbocycles. The summed E-state index contributed by atoms with van der Waals surface area (Å²) in [6.07, 6.45) is 5.68. The average molecular weight is 273 g/mol. The minimum absolute atomic E-state index is 0.472. The molecule has 1 aliphatic rings. The van der Waals surface area contributed by atoms with E-state index in [0.29, 0.717) is 0 Å². The lowest BCUT2D eigenvalue weighted by Gasteiger charge is -2.29. The van der Waals surface area contributed by atoms with Crippen molar-refractivity contribution in [1.82, 2.24) is 4.90 Å². The van der Waals surface area contributed by atoms with Crippen molar-refractivity contribution in [2.45, 2.75) is 32.0 Å². The van der Waals surface area contributed by atoms with E-state index in [9.17, 15) is 9.90 Å². The van der Waals surface area contributed by atoms with Gasteiger partial charge in [-0.3, -0.25) is 4.90 Å². The zero-order chi connectivity index (χ0) is 14.8. The van der Waals surface area contributed by atoms with Gasteiger partial charge in [-0.2, -0.15) is 0 Å². The fourth-order valence-corrected chi connectivity index (χ4v) is 1.83. The number of hydrogen-bond acceptors (Lipinski definition) is 3. The first kappa shape index (κ1) is 14.3. The van der Waals surface area contributed by atoms with Gasteiger partial charge in [-0.05, 0) is 38.5 Å². The molecule has 0 aliphatic carbocycles. The Morgan fingerprint density at radius 3 is 2.20 bits per heavy atom. The molecule has 2 rings (SSSR count). The highest BCUT2D eigenvalue weighted by atomic mass is 16.6. The minimum Gasteiger partial charge on any atom is -0.443 e. The summed E-state index contributed by atoms with van der Waals surface area (Å²) < 4.78 is 5.25. The second-order valence-corrected chi connectivity index (χ2v) is 5.71. The number of amides is 1. The van der Waals surface area contributed by atoms with Crippen molar-refractivity contribution >= 4 is 6.09 Å². The van der Waals surface area contributed by atoms with Gasteiger partial charge in [0.25, 0.3) is 0 Å². The van der Waals surface area contributed by atoms with E-state index in [1.165, 1.54) is 17.3 Å². The summed E-state index contributed by atoms with van der Waals surface area (Å²) in [5.41, 5.74) is -0.998. The second kappa shape index (κ2) is 5.13. The summed E-state index contributed by atoms with van der Waals surface area (Å²) in [6, 6.07) is 9.26. The molecule has 0 fully saturated rings. The molecule has 1 heterocycles. The molecular weight excluding hydrogens is 254 g/mol. The molecule has 0 radical (unpaired) electrons. The van der Waals surface area contributed by atoms with E-state index in [2.05, 4.69) is 0 Å². The van der Waals surface area contributed by atoms with Gasteiger partial charge < -0.3 is 9.84 Å². The molecule has 0 bridgehead atoms. The number of rotatable bonds is 1. The van der Waals surface area contributed by atoms with Crippen LogP contribution in [0.4, 0.5) is 4.79 Å². The fraction of sp³-hybridized carbons (Fsp3) is 0.312. The van der Waals surface area contributed by atoms with Crippen LogP contribution >= 0.6 is 0 Å². The Hall–Kier alpha value is -2.07. The molecule has 20 heavy (non-hydrogen) atoms. The monoisotopic (exact) mass is 273 g/mol. The summed E-state index contributed by atoms with van der Waals surface area (Å²) in [5.74, 6) is 0. The van der Waals surface area contributed by atoms with Crippen LogP contribution in [0.25, 0.3) is 0 Å². The molecule has 0 atom stereocenters. The largest absolute Gasteiger partial charge is 0.443 e. The molecule has 0 spiro atoms. The number of nitrogens with zero attached hydrogens (tertiary/aromatic N) is 1.